The summed E-state index contributed by atoms with van der Waals surface area (Å²) in [5.41, 5.74) is 1.04. The number of rotatable bonds is 4. The molecule has 0 fully saturated rings. The molecule has 0 radical (unpaired) electrons. The Morgan fingerprint density at radius 3 is 2.65 bits per heavy atom. The number of hydrogen-bond acceptors (Lipinski definition) is 3. The van der Waals surface area contributed by atoms with Crippen molar-refractivity contribution < 1.29 is 9.84 Å². The van der Waals surface area contributed by atoms with E-state index in [1.54, 1.807) is 36.8 Å². The molecule has 0 saturated heterocycles. The quantitative estimate of drug-likeness (QED) is 0.881. The zero-order valence-corrected chi connectivity index (χ0v) is 10.00. The maximum atomic E-state index is 9.16. The number of nitrogens with zero attached hydrogens (tertiary/aromatic N) is 2. The summed E-state index contributed by atoms with van der Waals surface area (Å²) in [4.78, 5) is 4.11. The first-order chi connectivity index (χ1) is 8.16. The van der Waals surface area contributed by atoms with Gasteiger partial charge < -0.3 is 14.4 Å². The Morgan fingerprint density at radius 1 is 1.29 bits per heavy atom. The lowest BCUT2D eigenvalue weighted by molar-refractivity contribution is 0.291. The number of phenols is 1. The average Bonchev–Trinajstić information content (AvgIpc) is 2.76. The van der Waals surface area contributed by atoms with Gasteiger partial charge in [-0.1, -0.05) is 0 Å². The van der Waals surface area contributed by atoms with Crippen molar-refractivity contribution in [1.29, 1.82) is 0 Å². The van der Waals surface area contributed by atoms with E-state index < -0.39 is 0 Å². The standard InChI is InChI=1S/C13H16N2O2/c1-10(2)15-9-14-7-11(15)8-17-13-5-3-12(16)4-6-13/h3-7,9-10,16H,8H2,1-2H3. The molecule has 0 aliphatic rings. The molecule has 90 valence electrons. The Kier molecular flexibility index (Phi) is 3.32. The summed E-state index contributed by atoms with van der Waals surface area (Å²) in [7, 11) is 0. The lowest BCUT2D eigenvalue weighted by atomic mass is 10.3. The second-order valence-corrected chi connectivity index (χ2v) is 4.17. The second-order valence-electron chi connectivity index (χ2n) is 4.17. The summed E-state index contributed by atoms with van der Waals surface area (Å²) >= 11 is 0. The Labute approximate surface area is 100 Å². The van der Waals surface area contributed by atoms with Crippen molar-refractivity contribution in [3.05, 3.63) is 42.5 Å². The monoisotopic (exact) mass is 232 g/mol. The minimum absolute atomic E-state index is 0.240. The van der Waals surface area contributed by atoms with E-state index in [9.17, 15) is 0 Å². The molecule has 0 bridgehead atoms. The number of benzene rings is 1. The lowest BCUT2D eigenvalue weighted by Gasteiger charge is -2.12. The highest BCUT2D eigenvalue weighted by atomic mass is 16.5. The molecule has 0 spiro atoms. The lowest BCUT2D eigenvalue weighted by Crippen LogP contribution is -2.07. The van der Waals surface area contributed by atoms with E-state index in [0.29, 0.717) is 12.6 Å². The zero-order chi connectivity index (χ0) is 12.3. The van der Waals surface area contributed by atoms with Gasteiger partial charge in [-0.05, 0) is 38.1 Å². The summed E-state index contributed by atoms with van der Waals surface area (Å²) in [5.74, 6) is 0.976. The molecule has 0 saturated carbocycles. The normalized spacial score (nSPS) is 10.8. The van der Waals surface area contributed by atoms with Gasteiger partial charge in [0.15, 0.2) is 0 Å². The van der Waals surface area contributed by atoms with Crippen LogP contribution in [0.15, 0.2) is 36.8 Å². The molecule has 17 heavy (non-hydrogen) atoms. The van der Waals surface area contributed by atoms with Crippen LogP contribution in [-0.4, -0.2) is 14.7 Å². The highest BCUT2D eigenvalue weighted by molar-refractivity contribution is 5.30. The van der Waals surface area contributed by atoms with E-state index in [1.807, 2.05) is 0 Å². The van der Waals surface area contributed by atoms with E-state index in [-0.39, 0.29) is 5.75 Å². The maximum Gasteiger partial charge on any atom is 0.130 e. The van der Waals surface area contributed by atoms with Gasteiger partial charge in [-0.15, -0.1) is 0 Å². The SMILES string of the molecule is CC(C)n1cncc1COc1ccc(O)cc1. The van der Waals surface area contributed by atoms with Crippen molar-refractivity contribution in [2.45, 2.75) is 26.5 Å². The number of imidazole rings is 1. The highest BCUT2D eigenvalue weighted by Crippen LogP contribution is 2.18. The molecule has 1 aromatic heterocycles. The van der Waals surface area contributed by atoms with E-state index in [4.69, 9.17) is 9.84 Å². The third kappa shape index (κ3) is 2.78. The van der Waals surface area contributed by atoms with Gasteiger partial charge in [0.2, 0.25) is 0 Å². The number of aromatic hydroxyl groups is 1. The van der Waals surface area contributed by atoms with Crippen LogP contribution in [0.25, 0.3) is 0 Å². The highest BCUT2D eigenvalue weighted by Gasteiger charge is 2.05. The molecular weight excluding hydrogens is 216 g/mol. The summed E-state index contributed by atoms with van der Waals surface area (Å²) in [6, 6.07) is 7.07. The summed E-state index contributed by atoms with van der Waals surface area (Å²) in [5, 5.41) is 9.16. The fraction of sp³-hybridized carbons (Fsp3) is 0.308. The zero-order valence-electron chi connectivity index (χ0n) is 10.00. The number of hydrogen-bond donors (Lipinski definition) is 1. The Hall–Kier alpha value is -1.97. The molecule has 4 nitrogen and oxygen atoms in total. The molecular formula is C13H16N2O2. The van der Waals surface area contributed by atoms with E-state index in [0.717, 1.165) is 11.4 Å². The largest absolute Gasteiger partial charge is 0.508 e. The predicted octanol–water partition coefficient (Wildman–Crippen LogP) is 2.75. The fourth-order valence-electron chi connectivity index (χ4n) is 1.61. The third-order valence-corrected chi connectivity index (χ3v) is 2.53. The average molecular weight is 232 g/mol. The van der Waals surface area contributed by atoms with Gasteiger partial charge in [0.1, 0.15) is 18.1 Å². The van der Waals surface area contributed by atoms with Crippen molar-refractivity contribution in [3.8, 4) is 11.5 Å². The fourth-order valence-corrected chi connectivity index (χ4v) is 1.61. The Morgan fingerprint density at radius 2 is 2.00 bits per heavy atom. The molecule has 1 aromatic carbocycles. The first-order valence-electron chi connectivity index (χ1n) is 5.59. The van der Waals surface area contributed by atoms with Crippen LogP contribution in [0.4, 0.5) is 0 Å². The van der Waals surface area contributed by atoms with Crippen molar-refractivity contribution in [2.24, 2.45) is 0 Å². The summed E-state index contributed by atoms with van der Waals surface area (Å²) in [6.45, 7) is 4.68. The van der Waals surface area contributed by atoms with Crippen LogP contribution in [0, 0.1) is 0 Å². The molecule has 2 rings (SSSR count). The molecule has 0 amide bonds. The first kappa shape index (κ1) is 11.5. The van der Waals surface area contributed by atoms with Gasteiger partial charge in [0.05, 0.1) is 18.2 Å². The molecule has 0 atom stereocenters. The predicted molar refractivity (Wildman–Crippen MR) is 65.1 cm³/mol. The molecule has 1 heterocycles. The number of ether oxygens (including phenoxy) is 1. The van der Waals surface area contributed by atoms with E-state index >= 15 is 0 Å². The van der Waals surface area contributed by atoms with E-state index in [2.05, 4.69) is 23.4 Å². The number of aromatic nitrogens is 2. The van der Waals surface area contributed by atoms with Crippen molar-refractivity contribution >= 4 is 0 Å². The van der Waals surface area contributed by atoms with E-state index in [1.165, 1.54) is 0 Å². The van der Waals surface area contributed by atoms with Gasteiger partial charge in [0.25, 0.3) is 0 Å². The number of phenolic OH excluding ortho intramolecular Hbond substituents is 1. The molecule has 2 aromatic rings. The molecule has 4 heteroatoms. The van der Waals surface area contributed by atoms with Crippen LogP contribution in [-0.2, 0) is 6.61 Å². The van der Waals surface area contributed by atoms with Crippen molar-refractivity contribution in [2.75, 3.05) is 0 Å². The smallest absolute Gasteiger partial charge is 0.130 e. The van der Waals surface area contributed by atoms with Crippen LogP contribution in [0.2, 0.25) is 0 Å². The third-order valence-electron chi connectivity index (χ3n) is 2.53. The molecule has 0 aliphatic carbocycles. The summed E-state index contributed by atoms with van der Waals surface area (Å²) in [6.07, 6.45) is 3.61. The minimum Gasteiger partial charge on any atom is -0.508 e. The Balaban J connectivity index is 2.02. The van der Waals surface area contributed by atoms with Crippen LogP contribution in [0.1, 0.15) is 25.6 Å². The van der Waals surface area contributed by atoms with Crippen LogP contribution < -0.4 is 4.74 Å². The first-order valence-corrected chi connectivity index (χ1v) is 5.59. The topological polar surface area (TPSA) is 47.3 Å². The van der Waals surface area contributed by atoms with Gasteiger partial charge in [0, 0.05) is 6.04 Å². The van der Waals surface area contributed by atoms with Crippen molar-refractivity contribution in [3.63, 3.8) is 0 Å². The van der Waals surface area contributed by atoms with Gasteiger partial charge in [-0.2, -0.15) is 0 Å². The molecule has 1 N–H and O–H groups in total. The van der Waals surface area contributed by atoms with Crippen LogP contribution in [0.5, 0.6) is 11.5 Å². The molecule has 0 aliphatic heterocycles. The van der Waals surface area contributed by atoms with Crippen LogP contribution >= 0.6 is 0 Å². The van der Waals surface area contributed by atoms with Crippen LogP contribution in [0.3, 0.4) is 0 Å². The van der Waals surface area contributed by atoms with Crippen molar-refractivity contribution in [1.82, 2.24) is 9.55 Å². The van der Waals surface area contributed by atoms with Gasteiger partial charge in [-0.3, -0.25) is 0 Å². The maximum absolute atomic E-state index is 9.16. The van der Waals surface area contributed by atoms with Gasteiger partial charge in [-0.25, -0.2) is 4.98 Å². The minimum atomic E-state index is 0.240. The van der Waals surface area contributed by atoms with Gasteiger partial charge >= 0.3 is 0 Å². The summed E-state index contributed by atoms with van der Waals surface area (Å²) < 4.78 is 7.69. The Bertz CT molecular complexity index is 474. The molecule has 0 unspecified atom stereocenters. The second kappa shape index (κ2) is 4.91.